The number of carboxylic acid groups (broad SMARTS) is 1. The van der Waals surface area contributed by atoms with Crippen molar-refractivity contribution in [1.82, 2.24) is 15.0 Å². The molecule has 1 aromatic rings. The van der Waals surface area contributed by atoms with Gasteiger partial charge in [0.1, 0.15) is 6.04 Å². The number of nitrogens with zero attached hydrogens (tertiary/aromatic N) is 3. The first-order valence-electron chi connectivity index (χ1n) is 8.94. The van der Waals surface area contributed by atoms with Crippen LogP contribution in [-0.4, -0.2) is 44.6 Å². The van der Waals surface area contributed by atoms with Crippen molar-refractivity contribution in [3.8, 4) is 0 Å². The highest BCUT2D eigenvalue weighted by molar-refractivity contribution is 5.84. The van der Waals surface area contributed by atoms with E-state index in [1.807, 2.05) is 0 Å². The quantitative estimate of drug-likeness (QED) is 0.819. The summed E-state index contributed by atoms with van der Waals surface area (Å²) >= 11 is 0. The third-order valence-electron chi connectivity index (χ3n) is 5.23. The fourth-order valence-corrected chi connectivity index (χ4v) is 4.13. The topological polar surface area (TPSA) is 96.5 Å². The summed E-state index contributed by atoms with van der Waals surface area (Å²) in [5.41, 5.74) is 0. The Morgan fingerprint density at radius 3 is 2.92 bits per heavy atom. The van der Waals surface area contributed by atoms with Crippen molar-refractivity contribution in [1.29, 1.82) is 0 Å². The zero-order valence-corrected chi connectivity index (χ0v) is 14.1. The molecule has 1 amide bonds. The molecule has 24 heavy (non-hydrogen) atoms. The molecule has 1 aliphatic heterocycles. The van der Waals surface area contributed by atoms with Gasteiger partial charge in [-0.05, 0) is 37.5 Å². The van der Waals surface area contributed by atoms with Gasteiger partial charge in [-0.3, -0.25) is 4.79 Å². The fourth-order valence-electron chi connectivity index (χ4n) is 4.13. The van der Waals surface area contributed by atoms with E-state index in [1.165, 1.54) is 0 Å². The zero-order chi connectivity index (χ0) is 17.1. The fraction of sp³-hybridized carbons (Fsp3) is 0.765. The molecule has 1 aromatic heterocycles. The highest BCUT2D eigenvalue weighted by Crippen LogP contribution is 2.42. The van der Waals surface area contributed by atoms with Crippen LogP contribution in [0.25, 0.3) is 0 Å². The number of rotatable bonds is 7. The number of carbonyl (C=O) groups is 2. The van der Waals surface area contributed by atoms with Crippen LogP contribution in [0.4, 0.5) is 0 Å². The molecular weight excluding hydrogens is 310 g/mol. The van der Waals surface area contributed by atoms with Gasteiger partial charge in [-0.15, -0.1) is 0 Å². The molecule has 0 radical (unpaired) electrons. The first kappa shape index (κ1) is 16.9. The lowest BCUT2D eigenvalue weighted by atomic mass is 9.94. The highest BCUT2D eigenvalue weighted by atomic mass is 16.5. The zero-order valence-electron chi connectivity index (χ0n) is 14.1. The van der Waals surface area contributed by atoms with E-state index in [4.69, 9.17) is 4.52 Å². The standard InChI is InChI=1S/C17H25N3O4/c1-2-5-13-18-14(24-19-13)8-4-9-15(21)20-10-11-6-3-7-12(11)16(20)17(22)23/h11-12,16H,2-10H2,1H3,(H,22,23). The van der Waals surface area contributed by atoms with Gasteiger partial charge < -0.3 is 14.5 Å². The molecule has 7 heteroatoms. The van der Waals surface area contributed by atoms with Crippen LogP contribution in [-0.2, 0) is 22.4 Å². The van der Waals surface area contributed by atoms with E-state index in [-0.39, 0.29) is 11.8 Å². The van der Waals surface area contributed by atoms with Crippen LogP contribution in [0.3, 0.4) is 0 Å². The van der Waals surface area contributed by atoms with E-state index < -0.39 is 12.0 Å². The normalized spacial score (nSPS) is 25.9. The van der Waals surface area contributed by atoms with E-state index in [2.05, 4.69) is 17.1 Å². The number of carbonyl (C=O) groups excluding carboxylic acids is 1. The van der Waals surface area contributed by atoms with Crippen molar-refractivity contribution in [3.05, 3.63) is 11.7 Å². The number of amides is 1. The smallest absolute Gasteiger partial charge is 0.326 e. The van der Waals surface area contributed by atoms with Gasteiger partial charge in [0.05, 0.1) is 0 Å². The number of fused-ring (bicyclic) bond motifs is 1. The summed E-state index contributed by atoms with van der Waals surface area (Å²) < 4.78 is 5.16. The van der Waals surface area contributed by atoms with Crippen LogP contribution in [0.15, 0.2) is 4.52 Å². The van der Waals surface area contributed by atoms with Crippen molar-refractivity contribution in [2.75, 3.05) is 6.54 Å². The van der Waals surface area contributed by atoms with Crippen LogP contribution in [0.5, 0.6) is 0 Å². The highest BCUT2D eigenvalue weighted by Gasteiger charge is 2.49. The predicted molar refractivity (Wildman–Crippen MR) is 85.2 cm³/mol. The largest absolute Gasteiger partial charge is 0.480 e. The van der Waals surface area contributed by atoms with Crippen LogP contribution in [0.1, 0.15) is 57.2 Å². The minimum atomic E-state index is -0.862. The first-order valence-corrected chi connectivity index (χ1v) is 8.94. The maximum absolute atomic E-state index is 12.5. The molecular formula is C17H25N3O4. The molecule has 0 spiro atoms. The summed E-state index contributed by atoms with van der Waals surface area (Å²) in [4.78, 5) is 30.0. The molecule has 0 bridgehead atoms. The molecule has 1 saturated carbocycles. The molecule has 2 heterocycles. The molecule has 2 fully saturated rings. The summed E-state index contributed by atoms with van der Waals surface area (Å²) in [6.07, 6.45) is 6.29. The van der Waals surface area contributed by atoms with Crippen LogP contribution < -0.4 is 0 Å². The summed E-state index contributed by atoms with van der Waals surface area (Å²) in [5, 5.41) is 13.4. The van der Waals surface area contributed by atoms with Gasteiger partial charge >= 0.3 is 5.97 Å². The molecule has 1 N–H and O–H groups in total. The second-order valence-corrected chi connectivity index (χ2v) is 6.89. The lowest BCUT2D eigenvalue weighted by Crippen LogP contribution is -2.43. The molecule has 7 nitrogen and oxygen atoms in total. The van der Waals surface area contributed by atoms with Gasteiger partial charge in [0.2, 0.25) is 11.8 Å². The van der Waals surface area contributed by atoms with E-state index in [9.17, 15) is 14.7 Å². The van der Waals surface area contributed by atoms with Crippen molar-refractivity contribution >= 4 is 11.9 Å². The Balaban J connectivity index is 1.51. The van der Waals surface area contributed by atoms with Gasteiger partial charge in [0.25, 0.3) is 0 Å². The summed E-state index contributed by atoms with van der Waals surface area (Å²) in [5.74, 6) is 0.835. The summed E-state index contributed by atoms with van der Waals surface area (Å²) in [7, 11) is 0. The number of carboxylic acids is 1. The van der Waals surface area contributed by atoms with Gasteiger partial charge in [-0.2, -0.15) is 4.98 Å². The number of hydrogen-bond acceptors (Lipinski definition) is 5. The molecule has 3 rings (SSSR count). The molecule has 2 aliphatic rings. The molecule has 3 atom stereocenters. The molecule has 132 valence electrons. The second-order valence-electron chi connectivity index (χ2n) is 6.89. The van der Waals surface area contributed by atoms with E-state index in [1.54, 1.807) is 4.90 Å². The SMILES string of the molecule is CCCc1noc(CCCC(=O)N2CC3CCCC3C2C(=O)O)n1. The van der Waals surface area contributed by atoms with Crippen molar-refractivity contribution in [3.63, 3.8) is 0 Å². The summed E-state index contributed by atoms with van der Waals surface area (Å²) in [6, 6.07) is -0.635. The minimum Gasteiger partial charge on any atom is -0.480 e. The molecule has 0 aromatic carbocycles. The number of aromatic nitrogens is 2. The molecule has 3 unspecified atom stereocenters. The Labute approximate surface area is 141 Å². The van der Waals surface area contributed by atoms with Crippen LogP contribution >= 0.6 is 0 Å². The van der Waals surface area contributed by atoms with E-state index >= 15 is 0 Å². The average molecular weight is 335 g/mol. The van der Waals surface area contributed by atoms with Gasteiger partial charge in [0.15, 0.2) is 5.82 Å². The Morgan fingerprint density at radius 1 is 1.33 bits per heavy atom. The molecule has 1 saturated heterocycles. The number of hydrogen-bond donors (Lipinski definition) is 1. The Morgan fingerprint density at radius 2 is 2.17 bits per heavy atom. The lowest BCUT2D eigenvalue weighted by Gasteiger charge is -2.24. The Kier molecular flexibility index (Phi) is 5.16. The van der Waals surface area contributed by atoms with Crippen molar-refractivity contribution in [2.24, 2.45) is 11.8 Å². The minimum absolute atomic E-state index is 0.0647. The summed E-state index contributed by atoms with van der Waals surface area (Å²) in [6.45, 7) is 2.65. The maximum Gasteiger partial charge on any atom is 0.326 e. The van der Waals surface area contributed by atoms with Crippen molar-refractivity contribution < 1.29 is 19.2 Å². The van der Waals surface area contributed by atoms with Gasteiger partial charge in [-0.1, -0.05) is 18.5 Å². The third kappa shape index (κ3) is 3.44. The molecule has 1 aliphatic carbocycles. The number of aryl methyl sites for hydroxylation is 2. The average Bonchev–Trinajstić information content (AvgIpc) is 3.22. The predicted octanol–water partition coefficient (Wildman–Crippen LogP) is 2.06. The van der Waals surface area contributed by atoms with Gasteiger partial charge in [-0.25, -0.2) is 4.79 Å². The van der Waals surface area contributed by atoms with Crippen LogP contribution in [0.2, 0.25) is 0 Å². The Hall–Kier alpha value is -1.92. The van der Waals surface area contributed by atoms with Crippen LogP contribution in [0, 0.1) is 11.8 Å². The Bertz CT molecular complexity index is 600. The lowest BCUT2D eigenvalue weighted by molar-refractivity contribution is -0.149. The monoisotopic (exact) mass is 335 g/mol. The first-order chi connectivity index (χ1) is 11.6. The maximum atomic E-state index is 12.5. The van der Waals surface area contributed by atoms with Gasteiger partial charge in [0, 0.05) is 25.8 Å². The number of likely N-dealkylation sites (tertiary alicyclic amines) is 1. The van der Waals surface area contributed by atoms with E-state index in [0.29, 0.717) is 43.4 Å². The second kappa shape index (κ2) is 7.32. The van der Waals surface area contributed by atoms with Crippen molar-refractivity contribution in [2.45, 2.75) is 64.3 Å². The number of aliphatic carboxylic acids is 1. The third-order valence-corrected chi connectivity index (χ3v) is 5.23. The van der Waals surface area contributed by atoms with E-state index in [0.717, 1.165) is 32.1 Å².